The Labute approximate surface area is 161 Å². The van der Waals surface area contributed by atoms with E-state index in [1.54, 1.807) is 0 Å². The maximum absolute atomic E-state index is 6.10. The zero-order valence-corrected chi connectivity index (χ0v) is 16.3. The summed E-state index contributed by atoms with van der Waals surface area (Å²) in [6, 6.07) is 12.6. The lowest BCUT2D eigenvalue weighted by Crippen LogP contribution is -2.54. The average Bonchev–Trinajstić information content (AvgIpc) is 3.07. The number of hydrogen-bond acceptors (Lipinski definition) is 2. The summed E-state index contributed by atoms with van der Waals surface area (Å²) >= 11 is 6.10. The van der Waals surface area contributed by atoms with Crippen molar-refractivity contribution >= 4 is 11.6 Å². The van der Waals surface area contributed by atoms with Gasteiger partial charge in [0.1, 0.15) is 11.5 Å². The van der Waals surface area contributed by atoms with E-state index in [9.17, 15) is 0 Å². The van der Waals surface area contributed by atoms with Gasteiger partial charge >= 0.3 is 0 Å². The Kier molecular flexibility index (Phi) is 4.17. The quantitative estimate of drug-likeness (QED) is 0.669. The zero-order valence-electron chi connectivity index (χ0n) is 15.5. The van der Waals surface area contributed by atoms with E-state index in [0.29, 0.717) is 11.5 Å². The van der Waals surface area contributed by atoms with E-state index in [2.05, 4.69) is 24.4 Å². The topological polar surface area (TPSA) is 25.2 Å². The Hall–Kier alpha value is -1.25. The first-order chi connectivity index (χ1) is 12.6. The second-order valence-electron chi connectivity index (χ2n) is 9.16. The Balaban J connectivity index is 1.25. The van der Waals surface area contributed by atoms with E-state index in [0.717, 1.165) is 46.4 Å². The van der Waals surface area contributed by atoms with Crippen LogP contribution in [0.5, 0.6) is 0 Å². The summed E-state index contributed by atoms with van der Waals surface area (Å²) in [4.78, 5) is 0. The molecule has 4 aliphatic rings. The van der Waals surface area contributed by atoms with Crippen LogP contribution in [-0.2, 0) is 6.54 Å². The maximum atomic E-state index is 6.10. The largest absolute Gasteiger partial charge is 0.460 e. The van der Waals surface area contributed by atoms with Crippen molar-refractivity contribution in [2.24, 2.45) is 23.2 Å². The zero-order chi connectivity index (χ0) is 17.7. The summed E-state index contributed by atoms with van der Waals surface area (Å²) in [6.07, 6.45) is 8.85. The number of benzene rings is 1. The Morgan fingerprint density at radius 2 is 1.77 bits per heavy atom. The van der Waals surface area contributed by atoms with Gasteiger partial charge in [-0.25, -0.2) is 0 Å². The normalized spacial score (nSPS) is 33.5. The standard InChI is InChI=1S/C23H28ClNO/c1-15(23-11-16-7-17(12-23)9-18(8-16)13-23)25-14-21-5-6-22(26-21)19-3-2-4-20(24)10-19/h2-6,10,15-18,25H,7-9,11-14H2,1H3/t15-,16?,17?,18?,23?/m1/s1. The maximum Gasteiger partial charge on any atom is 0.134 e. The molecule has 0 radical (unpaired) electrons. The van der Waals surface area contributed by atoms with Crippen LogP contribution < -0.4 is 5.32 Å². The summed E-state index contributed by atoms with van der Waals surface area (Å²) in [6.45, 7) is 3.22. The van der Waals surface area contributed by atoms with Crippen molar-refractivity contribution in [3.8, 4) is 11.3 Å². The van der Waals surface area contributed by atoms with Gasteiger partial charge in [0.05, 0.1) is 6.54 Å². The summed E-state index contributed by atoms with van der Waals surface area (Å²) in [5.74, 6) is 4.92. The summed E-state index contributed by atoms with van der Waals surface area (Å²) < 4.78 is 6.07. The van der Waals surface area contributed by atoms with Crippen LogP contribution >= 0.6 is 11.6 Å². The highest BCUT2D eigenvalue weighted by Crippen LogP contribution is 2.61. The van der Waals surface area contributed by atoms with Crippen molar-refractivity contribution < 1.29 is 4.42 Å². The first kappa shape index (κ1) is 16.9. The highest BCUT2D eigenvalue weighted by molar-refractivity contribution is 6.30. The van der Waals surface area contributed by atoms with Gasteiger partial charge in [0, 0.05) is 16.6 Å². The molecule has 0 saturated heterocycles. The van der Waals surface area contributed by atoms with Crippen LogP contribution in [0.25, 0.3) is 11.3 Å². The lowest BCUT2D eigenvalue weighted by molar-refractivity contribution is -0.0708. The SMILES string of the molecule is C[C@@H](NCc1ccc(-c2cccc(Cl)c2)o1)C12CC3CC(CC(C3)C1)C2. The fourth-order valence-corrected chi connectivity index (χ4v) is 6.64. The molecular weight excluding hydrogens is 342 g/mol. The third-order valence-electron chi connectivity index (χ3n) is 7.36. The van der Waals surface area contributed by atoms with E-state index in [-0.39, 0.29) is 0 Å². The average molecular weight is 370 g/mol. The van der Waals surface area contributed by atoms with Crippen molar-refractivity contribution in [3.05, 3.63) is 47.2 Å². The molecule has 0 aliphatic heterocycles. The molecular formula is C23H28ClNO. The lowest BCUT2D eigenvalue weighted by atomic mass is 9.48. The van der Waals surface area contributed by atoms with E-state index in [1.807, 2.05) is 24.3 Å². The lowest BCUT2D eigenvalue weighted by Gasteiger charge is -2.59. The minimum Gasteiger partial charge on any atom is -0.460 e. The number of nitrogens with one attached hydrogen (secondary N) is 1. The van der Waals surface area contributed by atoms with E-state index >= 15 is 0 Å². The molecule has 3 heteroatoms. The smallest absolute Gasteiger partial charge is 0.134 e. The van der Waals surface area contributed by atoms with Crippen molar-refractivity contribution in [2.45, 2.75) is 58.0 Å². The van der Waals surface area contributed by atoms with Crippen molar-refractivity contribution in [3.63, 3.8) is 0 Å². The van der Waals surface area contributed by atoms with Crippen molar-refractivity contribution in [1.82, 2.24) is 5.32 Å². The van der Waals surface area contributed by atoms with E-state index < -0.39 is 0 Å². The molecule has 2 nitrogen and oxygen atoms in total. The van der Waals surface area contributed by atoms with Gasteiger partial charge in [-0.1, -0.05) is 23.7 Å². The first-order valence-electron chi connectivity index (χ1n) is 10.2. The van der Waals surface area contributed by atoms with Gasteiger partial charge in [-0.05, 0) is 92.9 Å². The van der Waals surface area contributed by atoms with Crippen LogP contribution in [0.4, 0.5) is 0 Å². The summed E-state index contributed by atoms with van der Waals surface area (Å²) in [5, 5.41) is 4.56. The van der Waals surface area contributed by atoms with Crippen molar-refractivity contribution in [2.75, 3.05) is 0 Å². The molecule has 26 heavy (non-hydrogen) atoms. The molecule has 4 saturated carbocycles. The molecule has 0 spiro atoms. The highest BCUT2D eigenvalue weighted by atomic mass is 35.5. The van der Waals surface area contributed by atoms with Crippen LogP contribution in [0.1, 0.15) is 51.2 Å². The Morgan fingerprint density at radius 1 is 1.08 bits per heavy atom. The predicted octanol–water partition coefficient (Wildman–Crippen LogP) is 6.29. The third kappa shape index (κ3) is 3.01. The van der Waals surface area contributed by atoms with Gasteiger partial charge in [-0.3, -0.25) is 0 Å². The minimum atomic E-state index is 0.539. The van der Waals surface area contributed by atoms with Gasteiger partial charge < -0.3 is 9.73 Å². The predicted molar refractivity (Wildman–Crippen MR) is 106 cm³/mol. The van der Waals surface area contributed by atoms with Gasteiger partial charge in [0.2, 0.25) is 0 Å². The van der Waals surface area contributed by atoms with Crippen LogP contribution in [0.3, 0.4) is 0 Å². The fraction of sp³-hybridized carbons (Fsp3) is 0.565. The minimum absolute atomic E-state index is 0.539. The molecule has 1 aromatic heterocycles. The first-order valence-corrected chi connectivity index (χ1v) is 10.6. The second kappa shape index (κ2) is 6.42. The van der Waals surface area contributed by atoms with Gasteiger partial charge in [-0.2, -0.15) is 0 Å². The Bertz CT molecular complexity index is 760. The number of rotatable bonds is 5. The molecule has 6 rings (SSSR count). The molecule has 2 aromatic rings. The fourth-order valence-electron chi connectivity index (χ4n) is 6.45. The van der Waals surface area contributed by atoms with Crippen LogP contribution in [0.15, 0.2) is 40.8 Å². The number of furan rings is 1. The molecule has 4 bridgehead atoms. The molecule has 4 fully saturated rings. The van der Waals surface area contributed by atoms with Crippen molar-refractivity contribution in [1.29, 1.82) is 0 Å². The summed E-state index contributed by atoms with van der Waals surface area (Å²) in [7, 11) is 0. The summed E-state index contributed by atoms with van der Waals surface area (Å²) in [5.41, 5.74) is 1.58. The molecule has 1 N–H and O–H groups in total. The second-order valence-corrected chi connectivity index (χ2v) is 9.60. The molecule has 1 atom stereocenters. The van der Waals surface area contributed by atoms with Gasteiger partial charge in [0.15, 0.2) is 0 Å². The monoisotopic (exact) mass is 369 g/mol. The van der Waals surface area contributed by atoms with E-state index in [1.165, 1.54) is 38.5 Å². The molecule has 1 aromatic carbocycles. The Morgan fingerprint density at radius 3 is 2.42 bits per heavy atom. The van der Waals surface area contributed by atoms with Gasteiger partial charge in [0.25, 0.3) is 0 Å². The van der Waals surface area contributed by atoms with Gasteiger partial charge in [-0.15, -0.1) is 0 Å². The molecule has 0 amide bonds. The molecule has 138 valence electrons. The third-order valence-corrected chi connectivity index (χ3v) is 7.59. The molecule has 1 heterocycles. The van der Waals surface area contributed by atoms with Crippen LogP contribution in [0.2, 0.25) is 5.02 Å². The molecule has 0 unspecified atom stereocenters. The van der Waals surface area contributed by atoms with Crippen LogP contribution in [0, 0.1) is 23.2 Å². The molecule has 4 aliphatic carbocycles. The number of halogens is 1. The van der Waals surface area contributed by atoms with Crippen LogP contribution in [-0.4, -0.2) is 6.04 Å². The highest BCUT2D eigenvalue weighted by Gasteiger charge is 2.52. The van der Waals surface area contributed by atoms with E-state index in [4.69, 9.17) is 16.0 Å². The number of hydrogen-bond donors (Lipinski definition) is 1.